The van der Waals surface area contributed by atoms with Crippen LogP contribution in [0.25, 0.3) is 0 Å². The van der Waals surface area contributed by atoms with E-state index in [2.05, 4.69) is 15.8 Å². The number of rotatable bonds is 7. The van der Waals surface area contributed by atoms with Crippen LogP contribution in [-0.4, -0.2) is 42.8 Å². The van der Waals surface area contributed by atoms with E-state index in [-0.39, 0.29) is 12.1 Å². The van der Waals surface area contributed by atoms with Crippen LogP contribution in [0.5, 0.6) is 5.75 Å². The summed E-state index contributed by atoms with van der Waals surface area (Å²) < 4.78 is 5.04. The SMILES string of the molecule is COc1cccc(C(=O)NCC(=O)N/N=C/c2ccc(C(=O)O)cc2)c1. The second-order valence-corrected chi connectivity index (χ2v) is 5.13. The molecule has 0 aliphatic rings. The highest BCUT2D eigenvalue weighted by molar-refractivity contribution is 5.97. The van der Waals surface area contributed by atoms with E-state index in [9.17, 15) is 14.4 Å². The average molecular weight is 355 g/mol. The van der Waals surface area contributed by atoms with Crippen molar-refractivity contribution < 1.29 is 24.2 Å². The van der Waals surface area contributed by atoms with Gasteiger partial charge >= 0.3 is 5.97 Å². The number of methoxy groups -OCH3 is 1. The summed E-state index contributed by atoms with van der Waals surface area (Å²) in [5.74, 6) is -1.39. The molecule has 0 heterocycles. The number of nitrogens with zero attached hydrogens (tertiary/aromatic N) is 1. The van der Waals surface area contributed by atoms with E-state index >= 15 is 0 Å². The molecule has 26 heavy (non-hydrogen) atoms. The third-order valence-electron chi connectivity index (χ3n) is 3.30. The summed E-state index contributed by atoms with van der Waals surface area (Å²) in [5.41, 5.74) is 3.43. The molecule has 0 aromatic heterocycles. The smallest absolute Gasteiger partial charge is 0.335 e. The molecule has 2 aromatic rings. The normalized spacial score (nSPS) is 10.3. The number of carboxylic acids is 1. The Labute approximate surface area is 149 Å². The molecular formula is C18H17N3O5. The van der Waals surface area contributed by atoms with Gasteiger partial charge in [0.25, 0.3) is 11.8 Å². The number of hydrogen-bond donors (Lipinski definition) is 3. The molecule has 2 aromatic carbocycles. The molecular weight excluding hydrogens is 338 g/mol. The van der Waals surface area contributed by atoms with Gasteiger partial charge < -0.3 is 15.2 Å². The minimum Gasteiger partial charge on any atom is -0.497 e. The number of aromatic carboxylic acids is 1. The van der Waals surface area contributed by atoms with E-state index in [1.807, 2.05) is 0 Å². The fourth-order valence-electron chi connectivity index (χ4n) is 1.96. The second-order valence-electron chi connectivity index (χ2n) is 5.13. The standard InChI is InChI=1S/C18H17N3O5/c1-26-15-4-2-3-14(9-15)17(23)19-11-16(22)21-20-10-12-5-7-13(8-6-12)18(24)25/h2-10H,11H2,1H3,(H,19,23)(H,21,22)(H,24,25)/b20-10+. The van der Waals surface area contributed by atoms with Gasteiger partial charge in [-0.05, 0) is 35.9 Å². The molecule has 3 N–H and O–H groups in total. The number of hydrazone groups is 1. The van der Waals surface area contributed by atoms with Crippen molar-refractivity contribution >= 4 is 24.0 Å². The van der Waals surface area contributed by atoms with Gasteiger partial charge in [-0.2, -0.15) is 5.10 Å². The zero-order chi connectivity index (χ0) is 18.9. The summed E-state index contributed by atoms with van der Waals surface area (Å²) in [7, 11) is 1.50. The van der Waals surface area contributed by atoms with Crippen LogP contribution in [0.4, 0.5) is 0 Å². The third-order valence-corrected chi connectivity index (χ3v) is 3.30. The van der Waals surface area contributed by atoms with Crippen molar-refractivity contribution in [2.24, 2.45) is 5.10 Å². The number of hydrogen-bond acceptors (Lipinski definition) is 5. The lowest BCUT2D eigenvalue weighted by Gasteiger charge is -2.06. The van der Waals surface area contributed by atoms with Crippen LogP contribution in [0.2, 0.25) is 0 Å². The highest BCUT2D eigenvalue weighted by Crippen LogP contribution is 2.12. The molecule has 0 aliphatic carbocycles. The number of carboxylic acid groups (broad SMARTS) is 1. The van der Waals surface area contributed by atoms with Crippen molar-refractivity contribution in [3.63, 3.8) is 0 Å². The van der Waals surface area contributed by atoms with Gasteiger partial charge in [-0.3, -0.25) is 9.59 Å². The monoisotopic (exact) mass is 355 g/mol. The van der Waals surface area contributed by atoms with Crippen LogP contribution >= 0.6 is 0 Å². The van der Waals surface area contributed by atoms with Crippen LogP contribution in [0.1, 0.15) is 26.3 Å². The summed E-state index contributed by atoms with van der Waals surface area (Å²) in [5, 5.41) is 15.0. The van der Waals surface area contributed by atoms with Crippen molar-refractivity contribution in [3.8, 4) is 5.75 Å². The molecule has 0 aliphatic heterocycles. The van der Waals surface area contributed by atoms with Crippen molar-refractivity contribution in [2.45, 2.75) is 0 Å². The molecule has 2 amide bonds. The Balaban J connectivity index is 1.81. The maximum atomic E-state index is 12.0. The van der Waals surface area contributed by atoms with Crippen LogP contribution < -0.4 is 15.5 Å². The number of carbonyl (C=O) groups excluding carboxylic acids is 2. The van der Waals surface area contributed by atoms with E-state index in [0.29, 0.717) is 16.9 Å². The predicted molar refractivity (Wildman–Crippen MR) is 94.5 cm³/mol. The predicted octanol–water partition coefficient (Wildman–Crippen LogP) is 1.27. The fourth-order valence-corrected chi connectivity index (χ4v) is 1.96. The van der Waals surface area contributed by atoms with E-state index in [1.54, 1.807) is 36.4 Å². The molecule has 8 heteroatoms. The zero-order valence-corrected chi connectivity index (χ0v) is 13.9. The second kappa shape index (κ2) is 8.97. The summed E-state index contributed by atoms with van der Waals surface area (Å²) in [6.07, 6.45) is 1.37. The molecule has 2 rings (SSSR count). The van der Waals surface area contributed by atoms with Crippen LogP contribution in [-0.2, 0) is 4.79 Å². The summed E-state index contributed by atoms with van der Waals surface area (Å²) in [4.78, 5) is 34.4. The Morgan fingerprint density at radius 1 is 1.12 bits per heavy atom. The van der Waals surface area contributed by atoms with E-state index in [1.165, 1.54) is 25.5 Å². The number of nitrogens with one attached hydrogen (secondary N) is 2. The Hall–Kier alpha value is -3.68. The van der Waals surface area contributed by atoms with Crippen molar-refractivity contribution in [3.05, 3.63) is 65.2 Å². The molecule has 0 saturated heterocycles. The van der Waals surface area contributed by atoms with E-state index in [4.69, 9.17) is 9.84 Å². The molecule has 0 radical (unpaired) electrons. The number of carbonyl (C=O) groups is 3. The Bertz CT molecular complexity index is 831. The maximum absolute atomic E-state index is 12.0. The van der Waals surface area contributed by atoms with Crippen LogP contribution in [0.3, 0.4) is 0 Å². The Morgan fingerprint density at radius 2 is 1.85 bits per heavy atom. The molecule has 0 atom stereocenters. The quantitative estimate of drug-likeness (QED) is 0.511. The highest BCUT2D eigenvalue weighted by Gasteiger charge is 2.08. The lowest BCUT2D eigenvalue weighted by Crippen LogP contribution is -2.34. The maximum Gasteiger partial charge on any atom is 0.335 e. The molecule has 0 saturated carbocycles. The molecule has 134 valence electrons. The first-order chi connectivity index (χ1) is 12.5. The van der Waals surface area contributed by atoms with Gasteiger partial charge in [0.1, 0.15) is 5.75 Å². The number of ether oxygens (including phenoxy) is 1. The highest BCUT2D eigenvalue weighted by atomic mass is 16.5. The minimum atomic E-state index is -1.02. The number of amides is 2. The Kier molecular flexibility index (Phi) is 6.44. The molecule has 0 bridgehead atoms. The first-order valence-corrected chi connectivity index (χ1v) is 7.57. The van der Waals surface area contributed by atoms with Crippen molar-refractivity contribution in [2.75, 3.05) is 13.7 Å². The van der Waals surface area contributed by atoms with Crippen LogP contribution in [0, 0.1) is 0 Å². The summed E-state index contributed by atoms with van der Waals surface area (Å²) in [6.45, 7) is -0.245. The van der Waals surface area contributed by atoms with E-state index in [0.717, 1.165) is 0 Å². The van der Waals surface area contributed by atoms with Gasteiger partial charge in [-0.25, -0.2) is 10.2 Å². The minimum absolute atomic E-state index is 0.159. The number of benzene rings is 2. The molecule has 8 nitrogen and oxygen atoms in total. The van der Waals surface area contributed by atoms with Crippen molar-refractivity contribution in [1.82, 2.24) is 10.7 Å². The Morgan fingerprint density at radius 3 is 2.50 bits per heavy atom. The summed E-state index contributed by atoms with van der Waals surface area (Å²) >= 11 is 0. The fraction of sp³-hybridized carbons (Fsp3) is 0.111. The molecule has 0 spiro atoms. The average Bonchev–Trinajstić information content (AvgIpc) is 2.66. The summed E-state index contributed by atoms with van der Waals surface area (Å²) in [6, 6.07) is 12.5. The largest absolute Gasteiger partial charge is 0.497 e. The lowest BCUT2D eigenvalue weighted by molar-refractivity contribution is -0.120. The van der Waals surface area contributed by atoms with Gasteiger partial charge in [0.2, 0.25) is 0 Å². The van der Waals surface area contributed by atoms with Gasteiger partial charge in [0, 0.05) is 5.56 Å². The zero-order valence-electron chi connectivity index (χ0n) is 13.9. The van der Waals surface area contributed by atoms with Gasteiger partial charge in [-0.15, -0.1) is 0 Å². The topological polar surface area (TPSA) is 117 Å². The van der Waals surface area contributed by atoms with Crippen molar-refractivity contribution in [1.29, 1.82) is 0 Å². The molecule has 0 fully saturated rings. The van der Waals surface area contributed by atoms with Gasteiger partial charge in [-0.1, -0.05) is 18.2 Å². The van der Waals surface area contributed by atoms with Gasteiger partial charge in [0.05, 0.1) is 25.4 Å². The molecule has 0 unspecified atom stereocenters. The first kappa shape index (κ1) is 18.7. The first-order valence-electron chi connectivity index (χ1n) is 7.57. The third kappa shape index (κ3) is 5.45. The van der Waals surface area contributed by atoms with Gasteiger partial charge in [0.15, 0.2) is 0 Å². The lowest BCUT2D eigenvalue weighted by atomic mass is 10.1. The van der Waals surface area contributed by atoms with E-state index < -0.39 is 17.8 Å². The van der Waals surface area contributed by atoms with Crippen LogP contribution in [0.15, 0.2) is 53.6 Å².